The Hall–Kier alpha value is -3.11. The van der Waals surface area contributed by atoms with E-state index in [1.165, 1.54) is 47.7 Å². The van der Waals surface area contributed by atoms with E-state index in [-0.39, 0.29) is 17.3 Å². The van der Waals surface area contributed by atoms with Gasteiger partial charge in [0.15, 0.2) is 10.7 Å². The molecule has 0 saturated carbocycles. The van der Waals surface area contributed by atoms with Gasteiger partial charge in [0.05, 0.1) is 11.4 Å². The van der Waals surface area contributed by atoms with Crippen molar-refractivity contribution < 1.29 is 8.78 Å². The number of benzene rings is 2. The van der Waals surface area contributed by atoms with Crippen LogP contribution in [-0.2, 0) is 0 Å². The molecule has 0 aliphatic carbocycles. The van der Waals surface area contributed by atoms with Gasteiger partial charge in [-0.25, -0.2) is 13.8 Å². The van der Waals surface area contributed by atoms with Crippen molar-refractivity contribution in [2.45, 2.75) is 0 Å². The van der Waals surface area contributed by atoms with Crippen molar-refractivity contribution in [2.24, 2.45) is 5.10 Å². The minimum absolute atomic E-state index is 0.109. The van der Waals surface area contributed by atoms with Gasteiger partial charge in [0, 0.05) is 10.9 Å². The summed E-state index contributed by atoms with van der Waals surface area (Å²) in [6.45, 7) is 0. The number of hydrogen-bond acceptors (Lipinski definition) is 5. The molecule has 0 atom stereocenters. The summed E-state index contributed by atoms with van der Waals surface area (Å²) in [5, 5.41) is 15.5. The summed E-state index contributed by atoms with van der Waals surface area (Å²) in [6, 6.07) is 13.5. The number of hydrazone groups is 1. The van der Waals surface area contributed by atoms with Crippen LogP contribution < -0.4 is 5.43 Å². The number of nitriles is 1. The number of nitrogens with one attached hydrogen (secondary N) is 1. The van der Waals surface area contributed by atoms with Crippen LogP contribution in [0.5, 0.6) is 0 Å². The average molecular weight is 340 g/mol. The second kappa shape index (κ2) is 6.98. The number of anilines is 1. The van der Waals surface area contributed by atoms with Crippen molar-refractivity contribution in [1.29, 1.82) is 5.26 Å². The molecule has 0 radical (unpaired) electrons. The van der Waals surface area contributed by atoms with Gasteiger partial charge in [-0.05, 0) is 48.5 Å². The van der Waals surface area contributed by atoms with Gasteiger partial charge in [0.25, 0.3) is 0 Å². The first-order valence-corrected chi connectivity index (χ1v) is 7.75. The summed E-state index contributed by atoms with van der Waals surface area (Å²) in [5.41, 5.74) is 4.75. The van der Waals surface area contributed by atoms with Crippen molar-refractivity contribution in [3.05, 3.63) is 70.6 Å². The number of nitrogens with zero attached hydrogens (tertiary/aromatic N) is 3. The summed E-state index contributed by atoms with van der Waals surface area (Å²) >= 11 is 1.26. The molecule has 118 valence electrons. The number of aromatic nitrogens is 1. The Morgan fingerprint density at radius 3 is 2.29 bits per heavy atom. The van der Waals surface area contributed by atoms with Gasteiger partial charge < -0.3 is 0 Å². The van der Waals surface area contributed by atoms with E-state index in [1.54, 1.807) is 17.5 Å². The second-order valence-corrected chi connectivity index (χ2v) is 5.59. The number of hydrogen-bond donors (Lipinski definition) is 1. The molecule has 4 nitrogen and oxygen atoms in total. The Bertz CT molecular complexity index is 909. The Morgan fingerprint density at radius 2 is 1.67 bits per heavy atom. The quantitative estimate of drug-likeness (QED) is 0.564. The summed E-state index contributed by atoms with van der Waals surface area (Å²) in [4.78, 5) is 4.35. The highest BCUT2D eigenvalue weighted by atomic mass is 32.1. The van der Waals surface area contributed by atoms with Crippen molar-refractivity contribution in [3.63, 3.8) is 0 Å². The predicted octanol–water partition coefficient (Wildman–Crippen LogP) is 4.43. The zero-order valence-corrected chi connectivity index (χ0v) is 13.0. The molecule has 1 N–H and O–H groups in total. The fraction of sp³-hybridized carbons (Fsp3) is 0. The van der Waals surface area contributed by atoms with Gasteiger partial charge in [-0.3, -0.25) is 5.43 Å². The molecule has 24 heavy (non-hydrogen) atoms. The zero-order chi connectivity index (χ0) is 16.9. The van der Waals surface area contributed by atoms with Gasteiger partial charge in [-0.1, -0.05) is 0 Å². The first-order valence-electron chi connectivity index (χ1n) is 6.87. The van der Waals surface area contributed by atoms with Gasteiger partial charge in [0.2, 0.25) is 0 Å². The maximum absolute atomic E-state index is 13.0. The fourth-order valence-corrected chi connectivity index (χ4v) is 2.67. The van der Waals surface area contributed by atoms with Crippen molar-refractivity contribution >= 4 is 22.7 Å². The van der Waals surface area contributed by atoms with Gasteiger partial charge in [0.1, 0.15) is 17.7 Å². The molecule has 0 saturated heterocycles. The van der Waals surface area contributed by atoms with Crippen molar-refractivity contribution in [3.8, 4) is 17.3 Å². The highest BCUT2D eigenvalue weighted by molar-refractivity contribution is 7.12. The van der Waals surface area contributed by atoms with Crippen LogP contribution in [0.4, 0.5) is 14.5 Å². The smallest absolute Gasteiger partial charge is 0.196 e. The molecule has 1 heterocycles. The summed E-state index contributed by atoms with van der Waals surface area (Å²) in [5.74, 6) is -0.675. The van der Waals surface area contributed by atoms with E-state index in [2.05, 4.69) is 15.5 Å². The summed E-state index contributed by atoms with van der Waals surface area (Å²) in [6.07, 6.45) is 0. The first-order chi connectivity index (χ1) is 11.7. The fourth-order valence-electron chi connectivity index (χ4n) is 1.90. The van der Waals surface area contributed by atoms with E-state index in [1.807, 2.05) is 6.07 Å². The highest BCUT2D eigenvalue weighted by Crippen LogP contribution is 2.22. The van der Waals surface area contributed by atoms with Crippen LogP contribution >= 0.6 is 11.3 Å². The number of rotatable bonds is 4. The molecule has 3 rings (SSSR count). The second-order valence-electron chi connectivity index (χ2n) is 4.74. The molecule has 3 aromatic rings. The van der Waals surface area contributed by atoms with Gasteiger partial charge >= 0.3 is 0 Å². The van der Waals surface area contributed by atoms with E-state index in [0.29, 0.717) is 16.4 Å². The average Bonchev–Trinajstić information content (AvgIpc) is 3.08. The van der Waals surface area contributed by atoms with Gasteiger partial charge in [-0.15, -0.1) is 11.3 Å². The molecule has 0 unspecified atom stereocenters. The third kappa shape index (κ3) is 3.62. The van der Waals surface area contributed by atoms with E-state index in [0.717, 1.165) is 5.56 Å². The Balaban J connectivity index is 1.81. The topological polar surface area (TPSA) is 61.1 Å². The van der Waals surface area contributed by atoms with Crippen molar-refractivity contribution in [1.82, 2.24) is 4.98 Å². The van der Waals surface area contributed by atoms with Gasteiger partial charge in [-0.2, -0.15) is 10.4 Å². The van der Waals surface area contributed by atoms with Crippen LogP contribution in [0.25, 0.3) is 11.3 Å². The summed E-state index contributed by atoms with van der Waals surface area (Å²) < 4.78 is 25.8. The standard InChI is InChI=1S/C17H10F2N4S/c18-12-3-1-11(2-4-12)16-10-24-17(21-16)15(9-20)23-22-14-7-5-13(19)6-8-14/h1-8,10,22H/b23-15+. The number of thiazole rings is 1. The number of halogens is 2. The maximum Gasteiger partial charge on any atom is 0.196 e. The van der Waals surface area contributed by atoms with Crippen LogP contribution in [0.15, 0.2) is 59.0 Å². The zero-order valence-electron chi connectivity index (χ0n) is 12.2. The molecule has 0 spiro atoms. The molecular weight excluding hydrogens is 330 g/mol. The minimum Gasteiger partial charge on any atom is -0.277 e. The normalized spacial score (nSPS) is 11.1. The van der Waals surface area contributed by atoms with Crippen LogP contribution in [0.1, 0.15) is 5.01 Å². The SMILES string of the molecule is N#C/C(=N\Nc1ccc(F)cc1)c1nc(-c2ccc(F)cc2)cs1. The molecule has 1 aromatic heterocycles. The molecule has 0 aliphatic rings. The van der Waals surface area contributed by atoms with Crippen LogP contribution in [0.2, 0.25) is 0 Å². The molecule has 0 bridgehead atoms. The first kappa shape index (κ1) is 15.8. The van der Waals surface area contributed by atoms with Crippen LogP contribution in [-0.4, -0.2) is 10.7 Å². The molecule has 0 amide bonds. The van der Waals surface area contributed by atoms with E-state index >= 15 is 0 Å². The van der Waals surface area contributed by atoms with E-state index in [4.69, 9.17) is 0 Å². The lowest BCUT2D eigenvalue weighted by Crippen LogP contribution is -2.01. The maximum atomic E-state index is 13.0. The Kier molecular flexibility index (Phi) is 4.59. The lowest BCUT2D eigenvalue weighted by Gasteiger charge is -2.00. The lowest BCUT2D eigenvalue weighted by molar-refractivity contribution is 0.627. The molecule has 0 aliphatic heterocycles. The largest absolute Gasteiger partial charge is 0.277 e. The third-order valence-electron chi connectivity index (χ3n) is 3.09. The molecule has 0 fully saturated rings. The summed E-state index contributed by atoms with van der Waals surface area (Å²) in [7, 11) is 0. The monoisotopic (exact) mass is 340 g/mol. The van der Waals surface area contributed by atoms with Crippen LogP contribution in [0.3, 0.4) is 0 Å². The Morgan fingerprint density at radius 1 is 1.04 bits per heavy atom. The van der Waals surface area contributed by atoms with E-state index < -0.39 is 0 Å². The lowest BCUT2D eigenvalue weighted by atomic mass is 10.2. The third-order valence-corrected chi connectivity index (χ3v) is 3.94. The van der Waals surface area contributed by atoms with Crippen molar-refractivity contribution in [2.75, 3.05) is 5.43 Å². The van der Waals surface area contributed by atoms with Crippen LogP contribution in [0, 0.1) is 23.0 Å². The molecule has 7 heteroatoms. The Labute approximate surface area is 140 Å². The molecular formula is C17H10F2N4S. The molecule has 2 aromatic carbocycles. The minimum atomic E-state index is -0.353. The predicted molar refractivity (Wildman–Crippen MR) is 89.7 cm³/mol. The van der Waals surface area contributed by atoms with E-state index in [9.17, 15) is 14.0 Å². The highest BCUT2D eigenvalue weighted by Gasteiger charge is 2.10.